The number of aliphatic hydroxyl groups is 1. The van der Waals surface area contributed by atoms with Gasteiger partial charge < -0.3 is 19.7 Å². The SMILES string of the molecule is CCCCc1noc(C)c1COc1ccc(C(=O)NC(C)CO)nn1. The molecule has 1 amide bonds. The lowest BCUT2D eigenvalue weighted by Gasteiger charge is -2.10. The molecular weight excluding hydrogens is 324 g/mol. The molecule has 8 heteroatoms. The zero-order chi connectivity index (χ0) is 18.2. The molecule has 2 aromatic heterocycles. The number of amides is 1. The van der Waals surface area contributed by atoms with Crippen LogP contribution in [0, 0.1) is 6.92 Å². The first kappa shape index (κ1) is 18.9. The first-order valence-electron chi connectivity index (χ1n) is 8.37. The third-order valence-electron chi connectivity index (χ3n) is 3.72. The number of rotatable bonds is 9. The molecule has 1 unspecified atom stereocenters. The molecule has 2 heterocycles. The highest BCUT2D eigenvalue weighted by Crippen LogP contribution is 2.18. The maximum atomic E-state index is 11.9. The summed E-state index contributed by atoms with van der Waals surface area (Å²) in [7, 11) is 0. The van der Waals surface area contributed by atoms with Crippen LogP contribution in [0.15, 0.2) is 16.7 Å². The van der Waals surface area contributed by atoms with Gasteiger partial charge in [-0.2, -0.15) is 0 Å². The van der Waals surface area contributed by atoms with Crippen molar-refractivity contribution in [2.45, 2.75) is 52.7 Å². The summed E-state index contributed by atoms with van der Waals surface area (Å²) in [6, 6.07) is 2.77. The van der Waals surface area contributed by atoms with Gasteiger partial charge in [0.05, 0.1) is 17.9 Å². The van der Waals surface area contributed by atoms with E-state index in [0.29, 0.717) is 5.88 Å². The average molecular weight is 348 g/mol. The third-order valence-corrected chi connectivity index (χ3v) is 3.72. The Morgan fingerprint density at radius 1 is 1.40 bits per heavy atom. The van der Waals surface area contributed by atoms with Gasteiger partial charge in [0.1, 0.15) is 12.4 Å². The van der Waals surface area contributed by atoms with E-state index >= 15 is 0 Å². The van der Waals surface area contributed by atoms with Crippen molar-refractivity contribution >= 4 is 5.91 Å². The number of nitrogens with one attached hydrogen (secondary N) is 1. The van der Waals surface area contributed by atoms with Crippen LogP contribution in [-0.4, -0.2) is 39.0 Å². The van der Waals surface area contributed by atoms with Crippen molar-refractivity contribution in [2.24, 2.45) is 0 Å². The van der Waals surface area contributed by atoms with Gasteiger partial charge in [-0.3, -0.25) is 4.79 Å². The van der Waals surface area contributed by atoms with Gasteiger partial charge in [-0.15, -0.1) is 10.2 Å². The van der Waals surface area contributed by atoms with Crippen molar-refractivity contribution in [1.82, 2.24) is 20.7 Å². The minimum Gasteiger partial charge on any atom is -0.472 e. The standard InChI is InChI=1S/C17H24N4O4/c1-4-5-6-14-13(12(3)25-21-14)10-24-16-8-7-15(19-20-16)17(23)18-11(2)9-22/h7-8,11,22H,4-6,9-10H2,1-3H3,(H,18,23). The molecule has 2 N–H and O–H groups in total. The largest absolute Gasteiger partial charge is 0.472 e. The predicted octanol–water partition coefficient (Wildman–Crippen LogP) is 1.81. The normalized spacial score (nSPS) is 12.0. The summed E-state index contributed by atoms with van der Waals surface area (Å²) in [6.45, 7) is 5.81. The number of carbonyl (C=O) groups is 1. The lowest BCUT2D eigenvalue weighted by molar-refractivity contribution is 0.0916. The van der Waals surface area contributed by atoms with E-state index in [2.05, 4.69) is 27.6 Å². The van der Waals surface area contributed by atoms with Crippen LogP contribution in [0.1, 0.15) is 54.2 Å². The Bertz CT molecular complexity index is 684. The number of carbonyl (C=O) groups excluding carboxylic acids is 1. The number of aryl methyl sites for hydroxylation is 2. The van der Waals surface area contributed by atoms with Crippen molar-refractivity contribution in [3.63, 3.8) is 0 Å². The minimum absolute atomic E-state index is 0.140. The summed E-state index contributed by atoms with van der Waals surface area (Å²) >= 11 is 0. The summed E-state index contributed by atoms with van der Waals surface area (Å²) in [5.74, 6) is 0.652. The van der Waals surface area contributed by atoms with Gasteiger partial charge in [-0.1, -0.05) is 18.5 Å². The van der Waals surface area contributed by atoms with Gasteiger partial charge in [0.15, 0.2) is 5.69 Å². The van der Waals surface area contributed by atoms with Crippen LogP contribution < -0.4 is 10.1 Å². The van der Waals surface area contributed by atoms with E-state index in [1.54, 1.807) is 13.0 Å². The van der Waals surface area contributed by atoms with Gasteiger partial charge in [0, 0.05) is 12.1 Å². The van der Waals surface area contributed by atoms with E-state index in [1.165, 1.54) is 6.07 Å². The molecule has 0 aliphatic rings. The second-order valence-electron chi connectivity index (χ2n) is 5.87. The summed E-state index contributed by atoms with van der Waals surface area (Å²) < 4.78 is 10.9. The molecule has 2 rings (SSSR count). The van der Waals surface area contributed by atoms with E-state index in [1.807, 2.05) is 6.92 Å². The van der Waals surface area contributed by atoms with Crippen LogP contribution >= 0.6 is 0 Å². The Morgan fingerprint density at radius 2 is 2.20 bits per heavy atom. The molecule has 136 valence electrons. The Hall–Kier alpha value is -2.48. The topological polar surface area (TPSA) is 110 Å². The second kappa shape index (κ2) is 9.12. The molecule has 0 saturated heterocycles. The van der Waals surface area contributed by atoms with Crippen LogP contribution in [0.3, 0.4) is 0 Å². The average Bonchev–Trinajstić information content (AvgIpc) is 2.98. The van der Waals surface area contributed by atoms with Crippen LogP contribution in [-0.2, 0) is 13.0 Å². The van der Waals surface area contributed by atoms with Crippen molar-refractivity contribution in [2.75, 3.05) is 6.61 Å². The van der Waals surface area contributed by atoms with E-state index in [0.717, 1.165) is 36.3 Å². The minimum atomic E-state index is -0.391. The summed E-state index contributed by atoms with van der Waals surface area (Å²) in [4.78, 5) is 11.9. The zero-order valence-corrected chi connectivity index (χ0v) is 14.8. The first-order valence-corrected chi connectivity index (χ1v) is 8.37. The van der Waals surface area contributed by atoms with E-state index in [-0.39, 0.29) is 24.9 Å². The van der Waals surface area contributed by atoms with Gasteiger partial charge >= 0.3 is 0 Å². The fourth-order valence-corrected chi connectivity index (χ4v) is 2.17. The monoisotopic (exact) mass is 348 g/mol. The van der Waals surface area contributed by atoms with Crippen LogP contribution in [0.25, 0.3) is 0 Å². The molecule has 8 nitrogen and oxygen atoms in total. The summed E-state index contributed by atoms with van der Waals surface area (Å²) in [5, 5.41) is 23.4. The fraction of sp³-hybridized carbons (Fsp3) is 0.529. The predicted molar refractivity (Wildman–Crippen MR) is 90.2 cm³/mol. The number of aliphatic hydroxyl groups excluding tert-OH is 1. The van der Waals surface area contributed by atoms with E-state index < -0.39 is 5.91 Å². The molecule has 2 aromatic rings. The number of ether oxygens (including phenoxy) is 1. The van der Waals surface area contributed by atoms with Crippen LogP contribution in [0.2, 0.25) is 0 Å². The molecule has 0 aliphatic carbocycles. The number of aromatic nitrogens is 3. The van der Waals surface area contributed by atoms with Crippen molar-refractivity contribution in [1.29, 1.82) is 0 Å². The number of hydrogen-bond acceptors (Lipinski definition) is 7. The van der Waals surface area contributed by atoms with Crippen molar-refractivity contribution in [3.05, 3.63) is 34.8 Å². The Morgan fingerprint density at radius 3 is 2.84 bits per heavy atom. The quantitative estimate of drug-likeness (QED) is 0.711. The van der Waals surface area contributed by atoms with Gasteiger partial charge in [0.25, 0.3) is 5.91 Å². The van der Waals surface area contributed by atoms with Gasteiger partial charge in [-0.05, 0) is 32.8 Å². The van der Waals surface area contributed by atoms with Crippen molar-refractivity contribution < 1.29 is 19.2 Å². The highest BCUT2D eigenvalue weighted by atomic mass is 16.5. The molecule has 0 aromatic carbocycles. The number of nitrogens with zero attached hydrogens (tertiary/aromatic N) is 3. The van der Waals surface area contributed by atoms with Crippen LogP contribution in [0.5, 0.6) is 5.88 Å². The van der Waals surface area contributed by atoms with Crippen molar-refractivity contribution in [3.8, 4) is 5.88 Å². The molecule has 0 radical (unpaired) electrons. The number of hydrogen-bond donors (Lipinski definition) is 2. The smallest absolute Gasteiger partial charge is 0.272 e. The fourth-order valence-electron chi connectivity index (χ4n) is 2.17. The molecule has 0 spiro atoms. The summed E-state index contributed by atoms with van der Waals surface area (Å²) in [6.07, 6.45) is 2.96. The van der Waals surface area contributed by atoms with Gasteiger partial charge in [0.2, 0.25) is 5.88 Å². The molecular formula is C17H24N4O4. The lowest BCUT2D eigenvalue weighted by atomic mass is 10.1. The molecule has 25 heavy (non-hydrogen) atoms. The molecule has 1 atom stereocenters. The molecule has 0 bridgehead atoms. The summed E-state index contributed by atoms with van der Waals surface area (Å²) in [5.41, 5.74) is 1.99. The third kappa shape index (κ3) is 5.25. The molecule has 0 saturated carbocycles. The lowest BCUT2D eigenvalue weighted by Crippen LogP contribution is -2.35. The Kier molecular flexibility index (Phi) is 6.88. The first-order chi connectivity index (χ1) is 12.0. The Balaban J connectivity index is 1.96. The Labute approximate surface area is 146 Å². The van der Waals surface area contributed by atoms with E-state index in [4.69, 9.17) is 14.4 Å². The number of unbranched alkanes of at least 4 members (excludes halogenated alkanes) is 1. The van der Waals surface area contributed by atoms with Crippen LogP contribution in [0.4, 0.5) is 0 Å². The molecule has 0 aliphatic heterocycles. The maximum Gasteiger partial charge on any atom is 0.272 e. The van der Waals surface area contributed by atoms with Gasteiger partial charge in [-0.25, -0.2) is 0 Å². The highest BCUT2D eigenvalue weighted by Gasteiger charge is 2.14. The highest BCUT2D eigenvalue weighted by molar-refractivity contribution is 5.92. The maximum absolute atomic E-state index is 11.9. The molecule has 0 fully saturated rings. The second-order valence-corrected chi connectivity index (χ2v) is 5.87. The zero-order valence-electron chi connectivity index (χ0n) is 14.8. The van der Waals surface area contributed by atoms with E-state index in [9.17, 15) is 4.79 Å².